The Bertz CT molecular complexity index is 448. The van der Waals surface area contributed by atoms with Crippen molar-refractivity contribution in [3.8, 4) is 11.5 Å². The van der Waals surface area contributed by atoms with Gasteiger partial charge in [-0.15, -0.1) is 0 Å². The van der Waals surface area contributed by atoms with E-state index in [4.69, 9.17) is 9.47 Å². The van der Waals surface area contributed by atoms with Crippen molar-refractivity contribution in [2.45, 2.75) is 19.8 Å². The van der Waals surface area contributed by atoms with Crippen LogP contribution in [0.3, 0.4) is 0 Å². The summed E-state index contributed by atoms with van der Waals surface area (Å²) >= 11 is 0. The molecular weight excluding hydrogens is 244 g/mol. The molecule has 1 aliphatic heterocycles. The molecule has 0 atom stereocenters. The molecule has 0 bridgehead atoms. The smallest absolute Gasteiger partial charge is 0.241 e. The van der Waals surface area contributed by atoms with Gasteiger partial charge in [-0.25, -0.2) is 0 Å². The van der Waals surface area contributed by atoms with Crippen molar-refractivity contribution >= 4 is 11.6 Å². The summed E-state index contributed by atoms with van der Waals surface area (Å²) in [5.41, 5.74) is 0.862. The molecule has 0 spiro atoms. The number of carbonyl (C=O) groups excluding carboxylic acids is 1. The Morgan fingerprint density at radius 1 is 1.37 bits per heavy atom. The Kier molecular flexibility index (Phi) is 4.49. The molecule has 1 aromatic rings. The second kappa shape index (κ2) is 6.31. The molecule has 5 nitrogen and oxygen atoms in total. The molecule has 0 fully saturated rings. The molecule has 1 heterocycles. The van der Waals surface area contributed by atoms with Crippen LogP contribution < -0.4 is 14.8 Å². The molecule has 1 N–H and O–H groups in total. The van der Waals surface area contributed by atoms with Crippen molar-refractivity contribution in [2.24, 2.45) is 0 Å². The maximum atomic E-state index is 11.9. The highest BCUT2D eigenvalue weighted by Gasteiger charge is 2.14. The number of fused-ring (bicyclic) bond motifs is 1. The van der Waals surface area contributed by atoms with Crippen molar-refractivity contribution in [3.63, 3.8) is 0 Å². The van der Waals surface area contributed by atoms with E-state index in [0.717, 1.165) is 36.6 Å². The van der Waals surface area contributed by atoms with Crippen LogP contribution in [0.1, 0.15) is 19.8 Å². The lowest BCUT2D eigenvalue weighted by molar-refractivity contribution is -0.128. The van der Waals surface area contributed by atoms with Gasteiger partial charge in [-0.2, -0.15) is 0 Å². The molecule has 104 valence electrons. The molecule has 0 saturated carbocycles. The fourth-order valence-corrected chi connectivity index (χ4v) is 1.84. The average molecular weight is 264 g/mol. The number of anilines is 1. The van der Waals surface area contributed by atoms with E-state index < -0.39 is 0 Å². The summed E-state index contributed by atoms with van der Waals surface area (Å²) < 4.78 is 10.5. The van der Waals surface area contributed by atoms with Gasteiger partial charge in [0.1, 0.15) is 0 Å². The van der Waals surface area contributed by atoms with Gasteiger partial charge in [0.05, 0.1) is 6.54 Å². The third-order valence-electron chi connectivity index (χ3n) is 3.09. The number of nitrogens with one attached hydrogen (secondary N) is 1. The predicted molar refractivity (Wildman–Crippen MR) is 73.6 cm³/mol. The van der Waals surface area contributed by atoms with Crippen molar-refractivity contribution in [3.05, 3.63) is 18.2 Å². The van der Waals surface area contributed by atoms with Crippen LogP contribution in [0.4, 0.5) is 5.69 Å². The number of nitrogens with zero attached hydrogens (tertiary/aromatic N) is 1. The summed E-state index contributed by atoms with van der Waals surface area (Å²) in [6.07, 6.45) is 2.12. The lowest BCUT2D eigenvalue weighted by Gasteiger charge is -2.17. The largest absolute Gasteiger partial charge is 0.454 e. The minimum absolute atomic E-state index is 0.0890. The molecule has 1 aliphatic rings. The number of ether oxygens (including phenoxy) is 2. The van der Waals surface area contributed by atoms with Crippen LogP contribution in [0.15, 0.2) is 18.2 Å². The average Bonchev–Trinajstić information content (AvgIpc) is 2.89. The Labute approximate surface area is 113 Å². The summed E-state index contributed by atoms with van der Waals surface area (Å²) in [4.78, 5) is 13.6. The van der Waals surface area contributed by atoms with E-state index in [0.29, 0.717) is 6.54 Å². The zero-order valence-electron chi connectivity index (χ0n) is 11.4. The van der Waals surface area contributed by atoms with E-state index in [1.165, 1.54) is 0 Å². The maximum Gasteiger partial charge on any atom is 0.241 e. The highest BCUT2D eigenvalue weighted by molar-refractivity contribution is 5.80. The Morgan fingerprint density at radius 2 is 2.16 bits per heavy atom. The van der Waals surface area contributed by atoms with E-state index in [-0.39, 0.29) is 12.7 Å². The summed E-state index contributed by atoms with van der Waals surface area (Å²) in [7, 11) is 1.83. The zero-order valence-corrected chi connectivity index (χ0v) is 11.4. The molecule has 0 aromatic heterocycles. The lowest BCUT2D eigenvalue weighted by atomic mass is 10.2. The molecule has 0 radical (unpaired) electrons. The molecule has 5 heteroatoms. The first kappa shape index (κ1) is 13.5. The van der Waals surface area contributed by atoms with Crippen LogP contribution in [0.25, 0.3) is 0 Å². The normalized spacial score (nSPS) is 12.3. The molecule has 19 heavy (non-hydrogen) atoms. The van der Waals surface area contributed by atoms with E-state index in [1.807, 2.05) is 25.2 Å². The minimum Gasteiger partial charge on any atom is -0.454 e. The highest BCUT2D eigenvalue weighted by atomic mass is 16.7. The van der Waals surface area contributed by atoms with E-state index in [9.17, 15) is 4.79 Å². The Hall–Kier alpha value is -1.91. The van der Waals surface area contributed by atoms with E-state index >= 15 is 0 Å². The summed E-state index contributed by atoms with van der Waals surface area (Å²) in [6.45, 7) is 3.47. The topological polar surface area (TPSA) is 50.8 Å². The van der Waals surface area contributed by atoms with Crippen LogP contribution in [0.2, 0.25) is 0 Å². The number of hydrogen-bond donors (Lipinski definition) is 1. The van der Waals surface area contributed by atoms with Crippen molar-refractivity contribution in [1.29, 1.82) is 0 Å². The second-order valence-electron chi connectivity index (χ2n) is 4.59. The summed E-state index contributed by atoms with van der Waals surface area (Å²) in [6, 6.07) is 5.57. The minimum atomic E-state index is 0.0890. The number of unbranched alkanes of at least 4 members (excludes halogenated alkanes) is 1. The quantitative estimate of drug-likeness (QED) is 0.854. The van der Waals surface area contributed by atoms with E-state index in [1.54, 1.807) is 4.90 Å². The van der Waals surface area contributed by atoms with Crippen molar-refractivity contribution in [2.75, 3.05) is 32.2 Å². The van der Waals surface area contributed by atoms with E-state index in [2.05, 4.69) is 12.2 Å². The molecule has 0 aliphatic carbocycles. The first-order chi connectivity index (χ1) is 9.20. The summed E-state index contributed by atoms with van der Waals surface area (Å²) in [5, 5.41) is 3.10. The molecular formula is C14H20N2O3. The van der Waals surface area contributed by atoms with Gasteiger partial charge in [0.25, 0.3) is 0 Å². The molecule has 1 amide bonds. The van der Waals surface area contributed by atoms with Gasteiger partial charge in [0.2, 0.25) is 12.7 Å². The van der Waals surface area contributed by atoms with Gasteiger partial charge >= 0.3 is 0 Å². The monoisotopic (exact) mass is 264 g/mol. The third-order valence-corrected chi connectivity index (χ3v) is 3.09. The van der Waals surface area contributed by atoms with Crippen molar-refractivity contribution in [1.82, 2.24) is 4.90 Å². The molecule has 2 rings (SSSR count). The van der Waals surface area contributed by atoms with Crippen LogP contribution in [-0.2, 0) is 4.79 Å². The van der Waals surface area contributed by atoms with Gasteiger partial charge in [-0.05, 0) is 18.6 Å². The van der Waals surface area contributed by atoms with Crippen LogP contribution >= 0.6 is 0 Å². The standard InChI is InChI=1S/C14H20N2O3/c1-3-4-7-16(2)14(17)9-15-11-5-6-12-13(8-11)19-10-18-12/h5-6,8,15H,3-4,7,9-10H2,1-2H3. The third kappa shape index (κ3) is 3.53. The number of carbonyl (C=O) groups is 1. The lowest BCUT2D eigenvalue weighted by Crippen LogP contribution is -2.32. The number of hydrogen-bond acceptors (Lipinski definition) is 4. The molecule has 0 unspecified atom stereocenters. The fraction of sp³-hybridized carbons (Fsp3) is 0.500. The first-order valence-corrected chi connectivity index (χ1v) is 6.58. The van der Waals surface area contributed by atoms with Gasteiger partial charge in [0, 0.05) is 25.3 Å². The number of amides is 1. The second-order valence-corrected chi connectivity index (χ2v) is 4.59. The Morgan fingerprint density at radius 3 is 2.95 bits per heavy atom. The number of rotatable bonds is 6. The van der Waals surface area contributed by atoms with Crippen LogP contribution in [-0.4, -0.2) is 37.7 Å². The van der Waals surface area contributed by atoms with Gasteiger partial charge in [-0.3, -0.25) is 4.79 Å². The van der Waals surface area contributed by atoms with Gasteiger partial charge in [0.15, 0.2) is 11.5 Å². The van der Waals surface area contributed by atoms with Crippen LogP contribution in [0, 0.1) is 0 Å². The van der Waals surface area contributed by atoms with Crippen molar-refractivity contribution < 1.29 is 14.3 Å². The predicted octanol–water partition coefficient (Wildman–Crippen LogP) is 2.09. The maximum absolute atomic E-state index is 11.9. The fourth-order valence-electron chi connectivity index (χ4n) is 1.84. The zero-order chi connectivity index (χ0) is 13.7. The van der Waals surface area contributed by atoms with Gasteiger partial charge < -0.3 is 19.7 Å². The Balaban J connectivity index is 1.83. The highest BCUT2D eigenvalue weighted by Crippen LogP contribution is 2.34. The molecule has 1 aromatic carbocycles. The number of likely N-dealkylation sites (N-methyl/N-ethyl adjacent to an activating group) is 1. The number of benzene rings is 1. The van der Waals surface area contributed by atoms with Gasteiger partial charge in [-0.1, -0.05) is 13.3 Å². The first-order valence-electron chi connectivity index (χ1n) is 6.58. The molecule has 0 saturated heterocycles. The summed E-state index contributed by atoms with van der Waals surface area (Å²) in [5.74, 6) is 1.56. The van der Waals surface area contributed by atoms with Crippen LogP contribution in [0.5, 0.6) is 11.5 Å². The SMILES string of the molecule is CCCCN(C)C(=O)CNc1ccc2c(c1)OCO2.